The molecule has 84 valence electrons. The minimum absolute atomic E-state index is 0.150. The van der Waals surface area contributed by atoms with E-state index in [1.807, 2.05) is 24.3 Å². The first-order valence-corrected chi connectivity index (χ1v) is 5.06. The largest absolute Gasteiger partial charge is 0.464 e. The van der Waals surface area contributed by atoms with Gasteiger partial charge in [0.1, 0.15) is 5.58 Å². The van der Waals surface area contributed by atoms with E-state index in [0.717, 1.165) is 16.5 Å². The highest BCUT2D eigenvalue weighted by Crippen LogP contribution is 2.25. The van der Waals surface area contributed by atoms with E-state index in [2.05, 4.69) is 5.32 Å². The average molecular weight is 219 g/mol. The predicted octanol–water partition coefficient (Wildman–Crippen LogP) is 1.60. The number of aliphatic hydroxyl groups is 1. The number of hydrogen-bond donors (Lipinski definition) is 2. The van der Waals surface area contributed by atoms with Gasteiger partial charge in [-0.2, -0.15) is 0 Å². The molecule has 1 heterocycles. The van der Waals surface area contributed by atoms with Crippen LogP contribution in [0.3, 0.4) is 0 Å². The van der Waals surface area contributed by atoms with Crippen LogP contribution in [0.4, 0.5) is 0 Å². The number of aliphatic hydroxyl groups excluding tert-OH is 1. The molecule has 0 fully saturated rings. The van der Waals surface area contributed by atoms with Crippen LogP contribution in [-0.2, 0) is 4.79 Å². The van der Waals surface area contributed by atoms with Gasteiger partial charge in [-0.25, -0.2) is 0 Å². The maximum absolute atomic E-state index is 11.0. The van der Waals surface area contributed by atoms with Gasteiger partial charge in [0.15, 0.2) is 0 Å². The summed E-state index contributed by atoms with van der Waals surface area (Å²) in [6.45, 7) is 1.27. The van der Waals surface area contributed by atoms with Crippen molar-refractivity contribution in [1.82, 2.24) is 5.32 Å². The van der Waals surface area contributed by atoms with E-state index >= 15 is 0 Å². The van der Waals surface area contributed by atoms with Crippen molar-refractivity contribution in [2.45, 2.75) is 13.0 Å². The summed E-state index contributed by atoms with van der Waals surface area (Å²) in [7, 11) is 0. The van der Waals surface area contributed by atoms with Gasteiger partial charge in [-0.3, -0.25) is 4.79 Å². The van der Waals surface area contributed by atoms with Crippen LogP contribution in [0, 0.1) is 0 Å². The number of rotatable bonds is 3. The summed E-state index contributed by atoms with van der Waals surface area (Å²) in [4.78, 5) is 11.0. The summed E-state index contributed by atoms with van der Waals surface area (Å²) in [5.41, 5.74) is 1.55. The molecule has 0 spiro atoms. The van der Waals surface area contributed by atoms with Crippen LogP contribution in [0.15, 0.2) is 34.9 Å². The molecule has 0 aliphatic rings. The molecule has 1 atom stereocenters. The molecule has 1 unspecified atom stereocenters. The Hall–Kier alpha value is -1.81. The Bertz CT molecular complexity index is 504. The number of carbonyl (C=O) groups is 1. The maximum atomic E-state index is 11.0. The fraction of sp³-hybridized carbons (Fsp3) is 0.250. The molecule has 4 nitrogen and oxygen atoms in total. The van der Waals surface area contributed by atoms with Crippen molar-refractivity contribution in [2.24, 2.45) is 0 Å². The maximum Gasteiger partial charge on any atom is 0.217 e. The topological polar surface area (TPSA) is 62.5 Å². The van der Waals surface area contributed by atoms with Crippen molar-refractivity contribution in [3.63, 3.8) is 0 Å². The lowest BCUT2D eigenvalue weighted by atomic mass is 10.1. The number of hydrogen-bond acceptors (Lipinski definition) is 3. The Balaban J connectivity index is 2.41. The highest BCUT2D eigenvalue weighted by atomic mass is 16.3. The molecular weight excluding hydrogens is 206 g/mol. The van der Waals surface area contributed by atoms with Gasteiger partial charge in [-0.15, -0.1) is 0 Å². The number of carbonyl (C=O) groups excluding carboxylic acids is 1. The molecule has 2 aromatic rings. The molecule has 0 radical (unpaired) electrons. The second-order valence-corrected chi connectivity index (χ2v) is 3.62. The third-order valence-corrected chi connectivity index (χ3v) is 2.45. The summed E-state index contributed by atoms with van der Waals surface area (Å²) in [5.74, 6) is -0.177. The Morgan fingerprint density at radius 2 is 2.25 bits per heavy atom. The number of amides is 1. The van der Waals surface area contributed by atoms with Crippen LogP contribution in [0.25, 0.3) is 11.0 Å². The predicted molar refractivity (Wildman–Crippen MR) is 59.9 cm³/mol. The van der Waals surface area contributed by atoms with Crippen molar-refractivity contribution in [1.29, 1.82) is 0 Å². The number of furan rings is 1. The quantitative estimate of drug-likeness (QED) is 0.824. The summed E-state index contributed by atoms with van der Waals surface area (Å²) >= 11 is 0. The molecule has 0 bridgehead atoms. The van der Waals surface area contributed by atoms with Crippen molar-refractivity contribution in [2.75, 3.05) is 6.61 Å². The third-order valence-electron chi connectivity index (χ3n) is 2.45. The van der Waals surface area contributed by atoms with Crippen LogP contribution < -0.4 is 5.32 Å². The molecule has 0 saturated carbocycles. The molecule has 16 heavy (non-hydrogen) atoms. The molecule has 2 N–H and O–H groups in total. The lowest BCUT2D eigenvalue weighted by Crippen LogP contribution is -2.28. The molecule has 1 aromatic carbocycles. The second-order valence-electron chi connectivity index (χ2n) is 3.62. The number of fused-ring (bicyclic) bond motifs is 1. The number of benzene rings is 1. The van der Waals surface area contributed by atoms with Gasteiger partial charge < -0.3 is 14.8 Å². The van der Waals surface area contributed by atoms with E-state index in [0.29, 0.717) is 0 Å². The minimum Gasteiger partial charge on any atom is -0.464 e. The van der Waals surface area contributed by atoms with Crippen LogP contribution in [0.2, 0.25) is 0 Å². The summed E-state index contributed by atoms with van der Waals surface area (Å²) < 4.78 is 5.35. The molecule has 0 aliphatic heterocycles. The molecule has 0 saturated heterocycles. The van der Waals surface area contributed by atoms with Gasteiger partial charge in [-0.05, 0) is 6.07 Å². The van der Waals surface area contributed by atoms with Crippen molar-refractivity contribution >= 4 is 16.9 Å². The molecule has 1 amide bonds. The normalized spacial score (nSPS) is 12.6. The number of nitrogens with one attached hydrogen (secondary N) is 1. The number of para-hydroxylation sites is 1. The monoisotopic (exact) mass is 219 g/mol. The van der Waals surface area contributed by atoms with Gasteiger partial charge in [0.2, 0.25) is 5.91 Å². The Labute approximate surface area is 92.9 Å². The van der Waals surface area contributed by atoms with Crippen LogP contribution in [0.1, 0.15) is 18.5 Å². The Morgan fingerprint density at radius 3 is 2.94 bits per heavy atom. The third kappa shape index (κ3) is 1.92. The van der Waals surface area contributed by atoms with Gasteiger partial charge >= 0.3 is 0 Å². The standard InChI is InChI=1S/C12H13NO3/c1-8(15)13-11(6-14)10-7-16-12-5-3-2-4-9(10)12/h2-5,7,11,14H,6H2,1H3,(H,13,15). The highest BCUT2D eigenvalue weighted by molar-refractivity contribution is 5.82. The zero-order valence-corrected chi connectivity index (χ0v) is 8.93. The highest BCUT2D eigenvalue weighted by Gasteiger charge is 2.16. The SMILES string of the molecule is CC(=O)NC(CO)c1coc2ccccc12. The van der Waals surface area contributed by atoms with Crippen LogP contribution in [-0.4, -0.2) is 17.6 Å². The zero-order valence-electron chi connectivity index (χ0n) is 8.93. The second kappa shape index (κ2) is 4.37. The first-order chi connectivity index (χ1) is 7.72. The minimum atomic E-state index is -0.416. The summed E-state index contributed by atoms with van der Waals surface area (Å²) in [5, 5.41) is 12.8. The summed E-state index contributed by atoms with van der Waals surface area (Å²) in [6.07, 6.45) is 1.57. The lowest BCUT2D eigenvalue weighted by molar-refractivity contribution is -0.120. The fourth-order valence-electron chi connectivity index (χ4n) is 1.74. The van der Waals surface area contributed by atoms with Gasteiger partial charge in [0.05, 0.1) is 18.9 Å². The van der Waals surface area contributed by atoms with E-state index in [1.165, 1.54) is 6.92 Å². The van der Waals surface area contributed by atoms with Crippen molar-refractivity contribution < 1.29 is 14.3 Å². The van der Waals surface area contributed by atoms with Gasteiger partial charge in [0, 0.05) is 17.9 Å². The molecule has 1 aromatic heterocycles. The first kappa shape index (κ1) is 10.7. The molecule has 0 aliphatic carbocycles. The smallest absolute Gasteiger partial charge is 0.217 e. The molecule has 4 heteroatoms. The van der Waals surface area contributed by atoms with Crippen molar-refractivity contribution in [3.05, 3.63) is 36.1 Å². The average Bonchev–Trinajstić information content (AvgIpc) is 2.69. The van der Waals surface area contributed by atoms with Gasteiger partial charge in [0.25, 0.3) is 0 Å². The lowest BCUT2D eigenvalue weighted by Gasteiger charge is -2.13. The van der Waals surface area contributed by atoms with Crippen LogP contribution in [0.5, 0.6) is 0 Å². The molecule has 2 rings (SSSR count). The van der Waals surface area contributed by atoms with E-state index in [-0.39, 0.29) is 12.5 Å². The Kier molecular flexibility index (Phi) is 2.92. The fourth-order valence-corrected chi connectivity index (χ4v) is 1.74. The van der Waals surface area contributed by atoms with Crippen molar-refractivity contribution in [3.8, 4) is 0 Å². The molecular formula is C12H13NO3. The first-order valence-electron chi connectivity index (χ1n) is 5.06. The summed E-state index contributed by atoms with van der Waals surface area (Å²) in [6, 6.07) is 7.10. The zero-order chi connectivity index (χ0) is 11.5. The van der Waals surface area contributed by atoms with E-state index < -0.39 is 6.04 Å². The van der Waals surface area contributed by atoms with E-state index in [9.17, 15) is 9.90 Å². The Morgan fingerprint density at radius 1 is 1.50 bits per heavy atom. The van der Waals surface area contributed by atoms with E-state index in [1.54, 1.807) is 6.26 Å². The van der Waals surface area contributed by atoms with E-state index in [4.69, 9.17) is 4.42 Å². The van der Waals surface area contributed by atoms with Gasteiger partial charge in [-0.1, -0.05) is 18.2 Å². The van der Waals surface area contributed by atoms with Crippen LogP contribution >= 0.6 is 0 Å².